The summed E-state index contributed by atoms with van der Waals surface area (Å²) < 4.78 is 5.03. The van der Waals surface area contributed by atoms with E-state index in [2.05, 4.69) is 5.32 Å². The van der Waals surface area contributed by atoms with Crippen molar-refractivity contribution < 1.29 is 19.7 Å². The number of aliphatic hydroxyl groups excluding tert-OH is 2. The molecule has 102 valence electrons. The van der Waals surface area contributed by atoms with Crippen LogP contribution < -0.4 is 5.32 Å². The maximum atomic E-state index is 11.6. The number of esters is 1. The zero-order chi connectivity index (χ0) is 13.5. The van der Waals surface area contributed by atoms with Crippen molar-refractivity contribution in [1.82, 2.24) is 5.32 Å². The quantitative estimate of drug-likeness (QED) is 0.538. The van der Waals surface area contributed by atoms with Crippen molar-refractivity contribution in [2.45, 2.75) is 46.3 Å². The zero-order valence-electron chi connectivity index (χ0n) is 11.2. The molecule has 0 aliphatic heterocycles. The van der Waals surface area contributed by atoms with Gasteiger partial charge in [0, 0.05) is 12.6 Å². The fourth-order valence-electron chi connectivity index (χ4n) is 0.972. The van der Waals surface area contributed by atoms with Crippen molar-refractivity contribution in [3.8, 4) is 0 Å². The van der Waals surface area contributed by atoms with Crippen molar-refractivity contribution in [3.63, 3.8) is 0 Å². The Morgan fingerprint density at radius 3 is 2.53 bits per heavy atom. The molecule has 5 heteroatoms. The van der Waals surface area contributed by atoms with E-state index < -0.39 is 11.5 Å². The first kappa shape index (κ1) is 16.4. The number of carbonyl (C=O) groups is 1. The van der Waals surface area contributed by atoms with Gasteiger partial charge in [-0.2, -0.15) is 0 Å². The predicted octanol–water partition coefficient (Wildman–Crippen LogP) is 0.297. The van der Waals surface area contributed by atoms with Crippen LogP contribution in [-0.2, 0) is 9.53 Å². The highest BCUT2D eigenvalue weighted by molar-refractivity contribution is 5.75. The average Bonchev–Trinajstić information content (AvgIpc) is 2.32. The lowest BCUT2D eigenvalue weighted by Crippen LogP contribution is -2.39. The van der Waals surface area contributed by atoms with Gasteiger partial charge < -0.3 is 20.3 Å². The van der Waals surface area contributed by atoms with Crippen LogP contribution in [0.3, 0.4) is 0 Å². The number of rotatable bonds is 8. The predicted molar refractivity (Wildman–Crippen MR) is 65.6 cm³/mol. The van der Waals surface area contributed by atoms with Gasteiger partial charge in [0.2, 0.25) is 0 Å². The third kappa shape index (κ3) is 6.61. The summed E-state index contributed by atoms with van der Waals surface area (Å²) in [6, 6.07) is -0.0764. The highest BCUT2D eigenvalue weighted by Gasteiger charge is 2.27. The Bertz CT molecular complexity index is 231. The first-order valence-electron chi connectivity index (χ1n) is 6.03. The Kier molecular flexibility index (Phi) is 7.34. The first-order chi connectivity index (χ1) is 7.83. The van der Waals surface area contributed by atoms with Gasteiger partial charge in [0.25, 0.3) is 0 Å². The lowest BCUT2D eigenvalue weighted by molar-refractivity contribution is -0.157. The molecule has 0 spiro atoms. The van der Waals surface area contributed by atoms with E-state index in [0.29, 0.717) is 13.0 Å². The summed E-state index contributed by atoms with van der Waals surface area (Å²) in [6.45, 7) is 7.63. The number of aliphatic hydroxyl groups is 2. The van der Waals surface area contributed by atoms with Gasteiger partial charge in [-0.1, -0.05) is 6.92 Å². The highest BCUT2D eigenvalue weighted by atomic mass is 16.5. The molecule has 5 nitrogen and oxygen atoms in total. The minimum atomic E-state index is -0.749. The third-order valence-corrected chi connectivity index (χ3v) is 2.82. The van der Waals surface area contributed by atoms with Crippen LogP contribution in [0.25, 0.3) is 0 Å². The molecule has 0 bridgehead atoms. The number of carbonyl (C=O) groups excluding carboxylic acids is 1. The molecule has 0 saturated heterocycles. The highest BCUT2D eigenvalue weighted by Crippen LogP contribution is 2.21. The molecular formula is C12H25NO4. The largest absolute Gasteiger partial charge is 0.462 e. The van der Waals surface area contributed by atoms with Crippen LogP contribution in [0.4, 0.5) is 0 Å². The van der Waals surface area contributed by atoms with Crippen molar-refractivity contribution in [2.24, 2.45) is 5.41 Å². The van der Waals surface area contributed by atoms with Crippen molar-refractivity contribution >= 4 is 5.97 Å². The van der Waals surface area contributed by atoms with E-state index >= 15 is 0 Å². The van der Waals surface area contributed by atoms with Crippen molar-refractivity contribution in [1.29, 1.82) is 0 Å². The van der Waals surface area contributed by atoms with Gasteiger partial charge in [0.1, 0.15) is 12.7 Å². The average molecular weight is 247 g/mol. The summed E-state index contributed by atoms with van der Waals surface area (Å²) >= 11 is 0. The lowest BCUT2D eigenvalue weighted by Gasteiger charge is -2.22. The van der Waals surface area contributed by atoms with Crippen molar-refractivity contribution in [2.75, 3.05) is 19.8 Å². The van der Waals surface area contributed by atoms with Crippen LogP contribution in [0.2, 0.25) is 0 Å². The molecule has 0 rings (SSSR count). The standard InChI is InChI=1S/C12H25NO4/c1-5-12(3,4)11(16)17-8-10(15)6-13-9(2)7-14/h9-10,13-15H,5-8H2,1-4H3. The minimum absolute atomic E-state index is 0.00930. The molecule has 2 atom stereocenters. The Morgan fingerprint density at radius 1 is 1.47 bits per heavy atom. The number of hydrogen-bond acceptors (Lipinski definition) is 5. The molecule has 0 heterocycles. The van der Waals surface area contributed by atoms with Crippen molar-refractivity contribution in [3.05, 3.63) is 0 Å². The summed E-state index contributed by atoms with van der Waals surface area (Å²) in [4.78, 5) is 11.6. The van der Waals surface area contributed by atoms with E-state index in [4.69, 9.17) is 9.84 Å². The van der Waals surface area contributed by atoms with Gasteiger partial charge >= 0.3 is 5.97 Å². The van der Waals surface area contributed by atoms with E-state index in [-0.39, 0.29) is 25.2 Å². The molecule has 0 radical (unpaired) electrons. The van der Waals surface area contributed by atoms with Crippen LogP contribution in [0, 0.1) is 5.41 Å². The maximum Gasteiger partial charge on any atom is 0.311 e. The van der Waals surface area contributed by atoms with Gasteiger partial charge in [-0.3, -0.25) is 4.79 Å². The van der Waals surface area contributed by atoms with Crippen LogP contribution in [0.1, 0.15) is 34.1 Å². The van der Waals surface area contributed by atoms with E-state index in [0.717, 1.165) is 0 Å². The summed E-state index contributed by atoms with van der Waals surface area (Å²) in [7, 11) is 0. The van der Waals surface area contributed by atoms with Crippen LogP contribution >= 0.6 is 0 Å². The molecule has 17 heavy (non-hydrogen) atoms. The molecule has 0 saturated carbocycles. The van der Waals surface area contributed by atoms with E-state index in [9.17, 15) is 9.90 Å². The maximum absolute atomic E-state index is 11.6. The molecule has 0 aliphatic rings. The van der Waals surface area contributed by atoms with Gasteiger partial charge in [0.05, 0.1) is 12.0 Å². The third-order valence-electron chi connectivity index (χ3n) is 2.82. The monoisotopic (exact) mass is 247 g/mol. The molecule has 0 aromatic rings. The smallest absolute Gasteiger partial charge is 0.311 e. The van der Waals surface area contributed by atoms with E-state index in [1.807, 2.05) is 20.8 Å². The molecule has 0 fully saturated rings. The zero-order valence-corrected chi connectivity index (χ0v) is 11.2. The SMILES string of the molecule is CCC(C)(C)C(=O)OCC(O)CNC(C)CO. The molecule has 0 aliphatic carbocycles. The fourth-order valence-corrected chi connectivity index (χ4v) is 0.972. The Hall–Kier alpha value is -0.650. The molecule has 0 aromatic carbocycles. The second-order valence-electron chi connectivity index (χ2n) is 4.98. The van der Waals surface area contributed by atoms with Crippen LogP contribution in [0.15, 0.2) is 0 Å². The molecule has 0 aromatic heterocycles. The molecular weight excluding hydrogens is 222 g/mol. The minimum Gasteiger partial charge on any atom is -0.462 e. The van der Waals surface area contributed by atoms with Gasteiger partial charge in [-0.05, 0) is 27.2 Å². The van der Waals surface area contributed by atoms with Gasteiger partial charge in [-0.15, -0.1) is 0 Å². The molecule has 2 unspecified atom stereocenters. The summed E-state index contributed by atoms with van der Waals surface area (Å²) in [5, 5.41) is 21.3. The Labute approximate surface area is 103 Å². The second-order valence-corrected chi connectivity index (χ2v) is 4.98. The van der Waals surface area contributed by atoms with Crippen LogP contribution in [-0.4, -0.2) is 48.1 Å². The molecule has 3 N–H and O–H groups in total. The van der Waals surface area contributed by atoms with Gasteiger partial charge in [-0.25, -0.2) is 0 Å². The Morgan fingerprint density at radius 2 is 2.06 bits per heavy atom. The van der Waals surface area contributed by atoms with Crippen LogP contribution in [0.5, 0.6) is 0 Å². The van der Waals surface area contributed by atoms with Gasteiger partial charge in [0.15, 0.2) is 0 Å². The summed E-state index contributed by atoms with van der Waals surface area (Å²) in [5.41, 5.74) is -0.508. The Balaban J connectivity index is 3.84. The topological polar surface area (TPSA) is 78.8 Å². The number of hydrogen-bond donors (Lipinski definition) is 3. The normalized spacial score (nSPS) is 15.4. The second kappa shape index (κ2) is 7.63. The molecule has 0 amide bonds. The number of nitrogens with one attached hydrogen (secondary N) is 1. The fraction of sp³-hybridized carbons (Fsp3) is 0.917. The van der Waals surface area contributed by atoms with E-state index in [1.165, 1.54) is 0 Å². The summed E-state index contributed by atoms with van der Waals surface area (Å²) in [5.74, 6) is -0.297. The first-order valence-corrected chi connectivity index (χ1v) is 6.03. The number of ether oxygens (including phenoxy) is 1. The van der Waals surface area contributed by atoms with E-state index in [1.54, 1.807) is 6.92 Å². The summed E-state index contributed by atoms with van der Waals surface area (Å²) in [6.07, 6.45) is -0.0533. The lowest BCUT2D eigenvalue weighted by atomic mass is 9.91.